The van der Waals surface area contributed by atoms with Gasteiger partial charge in [-0.05, 0) is 30.9 Å². The highest BCUT2D eigenvalue weighted by molar-refractivity contribution is 8.00. The zero-order valence-corrected chi connectivity index (χ0v) is 13.1. The van der Waals surface area contributed by atoms with E-state index in [1.54, 1.807) is 5.56 Å². The van der Waals surface area contributed by atoms with E-state index in [1.807, 2.05) is 0 Å². The molecule has 1 aliphatic heterocycles. The Kier molecular flexibility index (Phi) is 6.25. The van der Waals surface area contributed by atoms with Crippen LogP contribution < -0.4 is 5.32 Å². The molecule has 0 spiro atoms. The van der Waals surface area contributed by atoms with E-state index in [0.717, 1.165) is 17.8 Å². The maximum atomic E-state index is 3.81. The molecule has 1 aromatic carbocycles. The lowest BCUT2D eigenvalue weighted by Gasteiger charge is -2.20. The average molecular weight is 277 g/mol. The minimum Gasteiger partial charge on any atom is -0.313 e. The van der Waals surface area contributed by atoms with Crippen LogP contribution >= 0.6 is 11.8 Å². The van der Waals surface area contributed by atoms with Gasteiger partial charge < -0.3 is 5.32 Å². The molecule has 1 N–H and O–H groups in total. The first-order valence-corrected chi connectivity index (χ1v) is 8.69. The van der Waals surface area contributed by atoms with Gasteiger partial charge in [-0.3, -0.25) is 0 Å². The summed E-state index contributed by atoms with van der Waals surface area (Å²) in [4.78, 5) is 1.50. The molecule has 0 amide bonds. The summed E-state index contributed by atoms with van der Waals surface area (Å²) in [5.41, 5.74) is 1.54. The molecule has 0 aliphatic carbocycles. The van der Waals surface area contributed by atoms with Gasteiger partial charge in [0.15, 0.2) is 0 Å². The molecule has 0 fully saturated rings. The first kappa shape index (κ1) is 14.9. The summed E-state index contributed by atoms with van der Waals surface area (Å²) in [6, 6.07) is 9.59. The number of rotatable bonds is 8. The lowest BCUT2D eigenvalue weighted by atomic mass is 10.0. The molecule has 1 aliphatic rings. The molecule has 19 heavy (non-hydrogen) atoms. The van der Waals surface area contributed by atoms with Crippen LogP contribution in [0, 0.1) is 0 Å². The van der Waals surface area contributed by atoms with Crippen LogP contribution in [-0.2, 0) is 6.42 Å². The molecule has 2 heteroatoms. The zero-order chi connectivity index (χ0) is 13.5. The summed E-state index contributed by atoms with van der Waals surface area (Å²) in [5.74, 6) is 0. The summed E-state index contributed by atoms with van der Waals surface area (Å²) in [7, 11) is 0. The predicted octanol–water partition coefficient (Wildman–Crippen LogP) is 4.65. The minimum absolute atomic E-state index is 0.731. The Morgan fingerprint density at radius 1 is 1.21 bits per heavy atom. The fraction of sp³-hybridized carbons (Fsp3) is 0.647. The van der Waals surface area contributed by atoms with Crippen LogP contribution in [0.1, 0.15) is 51.5 Å². The van der Waals surface area contributed by atoms with Crippen LogP contribution in [0.25, 0.3) is 0 Å². The van der Waals surface area contributed by atoms with Gasteiger partial charge in [0.25, 0.3) is 0 Å². The van der Waals surface area contributed by atoms with Crippen molar-refractivity contribution in [3.8, 4) is 0 Å². The molecule has 1 aromatic rings. The Hall–Kier alpha value is -0.470. The third kappa shape index (κ3) is 4.54. The second-order valence-electron chi connectivity index (χ2n) is 5.59. The standard InChI is InChI=1S/C17H27NS/c1-3-5-10-15(8-4-2)18-13-16-12-14-9-6-7-11-17(14)19-16/h6-7,9,11,15-16,18H,3-5,8,10,12-13H2,1-2H3. The number of benzene rings is 1. The van der Waals surface area contributed by atoms with Gasteiger partial charge >= 0.3 is 0 Å². The Labute approximate surface area is 122 Å². The van der Waals surface area contributed by atoms with Crippen molar-refractivity contribution in [3.05, 3.63) is 29.8 Å². The highest BCUT2D eigenvalue weighted by Gasteiger charge is 2.22. The molecule has 0 saturated carbocycles. The number of thioether (sulfide) groups is 1. The van der Waals surface area contributed by atoms with Gasteiger partial charge in [0.1, 0.15) is 0 Å². The second kappa shape index (κ2) is 7.96. The molecule has 2 rings (SSSR count). The molecular weight excluding hydrogens is 250 g/mol. The van der Waals surface area contributed by atoms with E-state index >= 15 is 0 Å². The quantitative estimate of drug-likeness (QED) is 0.742. The number of nitrogens with one attached hydrogen (secondary N) is 1. The zero-order valence-electron chi connectivity index (χ0n) is 12.3. The third-order valence-electron chi connectivity index (χ3n) is 3.89. The van der Waals surface area contributed by atoms with Crippen molar-refractivity contribution >= 4 is 11.8 Å². The first-order valence-electron chi connectivity index (χ1n) is 7.81. The van der Waals surface area contributed by atoms with Crippen molar-refractivity contribution in [2.75, 3.05) is 6.54 Å². The van der Waals surface area contributed by atoms with E-state index in [1.165, 1.54) is 43.4 Å². The topological polar surface area (TPSA) is 12.0 Å². The summed E-state index contributed by atoms with van der Waals surface area (Å²) >= 11 is 2.06. The van der Waals surface area contributed by atoms with Crippen LogP contribution in [0.4, 0.5) is 0 Å². The summed E-state index contributed by atoms with van der Waals surface area (Å²) < 4.78 is 0. The molecule has 2 unspecified atom stereocenters. The van der Waals surface area contributed by atoms with Crippen molar-refractivity contribution < 1.29 is 0 Å². The van der Waals surface area contributed by atoms with Gasteiger partial charge in [-0.1, -0.05) is 51.3 Å². The highest BCUT2D eigenvalue weighted by atomic mass is 32.2. The predicted molar refractivity (Wildman–Crippen MR) is 86.0 cm³/mol. The molecular formula is C17H27NS. The maximum absolute atomic E-state index is 3.81. The fourth-order valence-corrected chi connectivity index (χ4v) is 4.07. The van der Waals surface area contributed by atoms with Crippen LogP contribution in [0.15, 0.2) is 29.2 Å². The molecule has 1 heterocycles. The lowest BCUT2D eigenvalue weighted by Crippen LogP contribution is -2.34. The van der Waals surface area contributed by atoms with E-state index in [4.69, 9.17) is 0 Å². The highest BCUT2D eigenvalue weighted by Crippen LogP contribution is 2.36. The van der Waals surface area contributed by atoms with Crippen molar-refractivity contribution in [1.29, 1.82) is 0 Å². The van der Waals surface area contributed by atoms with Crippen LogP contribution in [-0.4, -0.2) is 17.8 Å². The normalized spacial score (nSPS) is 19.4. The monoisotopic (exact) mass is 277 g/mol. The van der Waals surface area contributed by atoms with Gasteiger partial charge in [-0.2, -0.15) is 0 Å². The number of unbranched alkanes of at least 4 members (excludes halogenated alkanes) is 1. The van der Waals surface area contributed by atoms with E-state index in [0.29, 0.717) is 0 Å². The van der Waals surface area contributed by atoms with E-state index in [-0.39, 0.29) is 0 Å². The average Bonchev–Trinajstić information content (AvgIpc) is 2.84. The van der Waals surface area contributed by atoms with E-state index < -0.39 is 0 Å². The SMILES string of the molecule is CCCCC(CCC)NCC1Cc2ccccc2S1. The Morgan fingerprint density at radius 3 is 2.79 bits per heavy atom. The Morgan fingerprint density at radius 2 is 2.05 bits per heavy atom. The first-order chi connectivity index (χ1) is 9.33. The summed E-state index contributed by atoms with van der Waals surface area (Å²) in [6.07, 6.45) is 7.86. The lowest BCUT2D eigenvalue weighted by molar-refractivity contribution is 0.435. The van der Waals surface area contributed by atoms with Crippen molar-refractivity contribution in [2.24, 2.45) is 0 Å². The fourth-order valence-electron chi connectivity index (χ4n) is 2.81. The van der Waals surface area contributed by atoms with Crippen molar-refractivity contribution in [1.82, 2.24) is 5.32 Å². The van der Waals surface area contributed by atoms with Gasteiger partial charge in [0, 0.05) is 22.7 Å². The number of fused-ring (bicyclic) bond motifs is 1. The molecule has 2 atom stereocenters. The molecule has 0 radical (unpaired) electrons. The molecule has 1 nitrogen and oxygen atoms in total. The molecule has 0 aromatic heterocycles. The number of hydrogen-bond donors (Lipinski definition) is 1. The van der Waals surface area contributed by atoms with E-state index in [9.17, 15) is 0 Å². The summed E-state index contributed by atoms with van der Waals surface area (Å²) in [6.45, 7) is 5.74. The summed E-state index contributed by atoms with van der Waals surface area (Å²) in [5, 5.41) is 4.55. The Bertz CT molecular complexity index is 352. The molecule has 0 saturated heterocycles. The molecule has 0 bridgehead atoms. The van der Waals surface area contributed by atoms with Gasteiger partial charge in [-0.25, -0.2) is 0 Å². The van der Waals surface area contributed by atoms with Gasteiger partial charge in [-0.15, -0.1) is 11.8 Å². The smallest absolute Gasteiger partial charge is 0.0260 e. The number of hydrogen-bond acceptors (Lipinski definition) is 2. The Balaban J connectivity index is 1.76. The van der Waals surface area contributed by atoms with Gasteiger partial charge in [0.2, 0.25) is 0 Å². The van der Waals surface area contributed by atoms with Crippen molar-refractivity contribution in [3.63, 3.8) is 0 Å². The van der Waals surface area contributed by atoms with Gasteiger partial charge in [0.05, 0.1) is 0 Å². The molecule has 106 valence electrons. The van der Waals surface area contributed by atoms with Crippen molar-refractivity contribution in [2.45, 2.75) is 68.6 Å². The van der Waals surface area contributed by atoms with Crippen LogP contribution in [0.3, 0.4) is 0 Å². The maximum Gasteiger partial charge on any atom is 0.0260 e. The van der Waals surface area contributed by atoms with E-state index in [2.05, 4.69) is 55.2 Å². The van der Waals surface area contributed by atoms with Crippen LogP contribution in [0.2, 0.25) is 0 Å². The third-order valence-corrected chi connectivity index (χ3v) is 5.21. The largest absolute Gasteiger partial charge is 0.313 e. The second-order valence-corrected chi connectivity index (χ2v) is 6.93. The van der Waals surface area contributed by atoms with Crippen LogP contribution in [0.5, 0.6) is 0 Å². The minimum atomic E-state index is 0.731.